The molecule has 1 rings (SSSR count). The molecule has 1 saturated heterocycles. The first-order chi connectivity index (χ1) is 39.6. The Hall–Kier alpha value is -3.32. The van der Waals surface area contributed by atoms with Crippen molar-refractivity contribution in [2.45, 2.75) is 353 Å². The lowest BCUT2D eigenvalue weighted by Gasteiger charge is -2.40. The second-order valence-electron chi connectivity index (χ2n) is 23.1. The monoisotopic (exact) mass is 1140 g/mol. The molecule has 6 unspecified atom stereocenters. The van der Waals surface area contributed by atoms with Crippen LogP contribution in [0.2, 0.25) is 0 Å². The number of carboxylic acids is 1. The van der Waals surface area contributed by atoms with Crippen molar-refractivity contribution < 1.29 is 58.2 Å². The number of carbonyl (C=O) groups is 4. The van der Waals surface area contributed by atoms with Crippen molar-refractivity contribution in [1.82, 2.24) is 0 Å². The molecule has 0 aromatic rings. The molecule has 0 aromatic heterocycles. The van der Waals surface area contributed by atoms with Gasteiger partial charge < -0.3 is 39.0 Å². The van der Waals surface area contributed by atoms with E-state index in [1.807, 2.05) is 0 Å². The van der Waals surface area contributed by atoms with Crippen LogP contribution in [0.15, 0.2) is 48.6 Å². The summed E-state index contributed by atoms with van der Waals surface area (Å²) < 4.78 is 28.6. The van der Waals surface area contributed by atoms with E-state index < -0.39 is 67.3 Å². The molecule has 3 N–H and O–H groups in total. The summed E-state index contributed by atoms with van der Waals surface area (Å²) in [7, 11) is 0. The first kappa shape index (κ1) is 75.7. The van der Waals surface area contributed by atoms with Crippen LogP contribution in [0.25, 0.3) is 0 Å². The minimum Gasteiger partial charge on any atom is -0.479 e. The van der Waals surface area contributed by atoms with Gasteiger partial charge in [-0.05, 0) is 103 Å². The molecule has 0 aliphatic carbocycles. The Bertz CT molecular complexity index is 1590. The predicted molar refractivity (Wildman–Crippen MR) is 331 cm³/mol. The first-order valence-corrected chi connectivity index (χ1v) is 33.6. The number of allylic oxidation sites excluding steroid dienone is 8. The number of ether oxygens (including phenoxy) is 5. The summed E-state index contributed by atoms with van der Waals surface area (Å²) >= 11 is 0. The number of unbranched alkanes of at least 4 members (excludes halogenated alkanes) is 36. The van der Waals surface area contributed by atoms with Crippen molar-refractivity contribution in [3.8, 4) is 0 Å². The summed E-state index contributed by atoms with van der Waals surface area (Å²) in [5.41, 5.74) is 0. The van der Waals surface area contributed by atoms with Gasteiger partial charge in [-0.25, -0.2) is 4.79 Å². The van der Waals surface area contributed by atoms with E-state index in [1.165, 1.54) is 154 Å². The summed E-state index contributed by atoms with van der Waals surface area (Å²) in [4.78, 5) is 51.4. The van der Waals surface area contributed by atoms with Crippen molar-refractivity contribution in [2.75, 3.05) is 13.2 Å². The van der Waals surface area contributed by atoms with Crippen LogP contribution in [-0.2, 0) is 42.9 Å². The fraction of sp³-hybridized carbons (Fsp3) is 0.826. The Balaban J connectivity index is 2.65. The van der Waals surface area contributed by atoms with Crippen molar-refractivity contribution in [2.24, 2.45) is 0 Å². The van der Waals surface area contributed by atoms with Crippen LogP contribution in [0.5, 0.6) is 0 Å². The highest BCUT2D eigenvalue weighted by atomic mass is 16.7. The maximum Gasteiger partial charge on any atom is 0.335 e. The summed E-state index contributed by atoms with van der Waals surface area (Å²) in [6, 6.07) is 0. The van der Waals surface area contributed by atoms with Gasteiger partial charge in [-0.2, -0.15) is 0 Å². The van der Waals surface area contributed by atoms with Gasteiger partial charge in [0.05, 0.1) is 6.61 Å². The minimum absolute atomic E-state index is 0.0516. The molecule has 1 fully saturated rings. The summed E-state index contributed by atoms with van der Waals surface area (Å²) in [6.07, 6.45) is 57.8. The van der Waals surface area contributed by atoms with Gasteiger partial charge in [0.25, 0.3) is 0 Å². The molecule has 470 valence electrons. The third-order valence-electron chi connectivity index (χ3n) is 15.3. The SMILES string of the molecule is CCCCC/C=C\C/C=C\CCCCCCCCCCCC(=O)OCC(COC1OC(C(=O)O)C(O)C(O)C1OC(=O)CCCCCCC/C=C\CCCCCCCC)OC(=O)CCCCCCCCC/C=C\CCCCCCCC. The molecule has 1 aliphatic rings. The van der Waals surface area contributed by atoms with Gasteiger partial charge in [0.15, 0.2) is 24.6 Å². The summed E-state index contributed by atoms with van der Waals surface area (Å²) in [5, 5.41) is 31.6. The fourth-order valence-electron chi connectivity index (χ4n) is 10.2. The van der Waals surface area contributed by atoms with E-state index in [-0.39, 0.29) is 25.9 Å². The quantitative estimate of drug-likeness (QED) is 0.0228. The lowest BCUT2D eigenvalue weighted by molar-refractivity contribution is -0.301. The maximum atomic E-state index is 13.2. The third kappa shape index (κ3) is 46.7. The van der Waals surface area contributed by atoms with Crippen molar-refractivity contribution in [1.29, 1.82) is 0 Å². The van der Waals surface area contributed by atoms with Crippen LogP contribution in [0.4, 0.5) is 0 Å². The lowest BCUT2D eigenvalue weighted by Crippen LogP contribution is -2.61. The Labute approximate surface area is 494 Å². The van der Waals surface area contributed by atoms with Gasteiger partial charge in [0, 0.05) is 19.3 Å². The standard InChI is InChI=1S/C69H122O12/c1-4-7-10-13-16-19-22-25-28-30-31-33-35-37-40-43-46-49-52-55-61(70)77-58-60(79-62(71)56-53-50-47-44-41-39-36-32-29-26-23-20-17-14-11-8-5-2)59-78-69-67(65(74)64(73)66(81-69)68(75)76)80-63(72)57-54-51-48-45-42-38-34-27-24-21-18-15-12-9-6-3/h16,19,25-29,34,60,64-67,69,73-74H,4-15,17-18,20-24,30-33,35-59H2,1-3H3,(H,75,76)/b19-16-,28-25-,29-26-,34-27-. The van der Waals surface area contributed by atoms with Gasteiger partial charge >= 0.3 is 23.9 Å². The predicted octanol–water partition coefficient (Wildman–Crippen LogP) is 18.1. The van der Waals surface area contributed by atoms with E-state index in [4.69, 9.17) is 23.7 Å². The molecule has 0 bridgehead atoms. The molecular formula is C69H122O12. The Kier molecular flexibility index (Phi) is 53.4. The van der Waals surface area contributed by atoms with Crippen LogP contribution >= 0.6 is 0 Å². The molecule has 1 aliphatic heterocycles. The molecule has 12 nitrogen and oxygen atoms in total. The van der Waals surface area contributed by atoms with Gasteiger partial charge in [-0.3, -0.25) is 14.4 Å². The highest BCUT2D eigenvalue weighted by Crippen LogP contribution is 2.27. The Morgan fingerprint density at radius 1 is 0.407 bits per heavy atom. The van der Waals surface area contributed by atoms with Gasteiger partial charge in [0.1, 0.15) is 18.8 Å². The second kappa shape index (κ2) is 57.1. The zero-order chi connectivity index (χ0) is 58.9. The van der Waals surface area contributed by atoms with E-state index in [1.54, 1.807) is 0 Å². The smallest absolute Gasteiger partial charge is 0.335 e. The number of aliphatic hydroxyl groups excluding tert-OH is 2. The number of aliphatic carboxylic acids is 1. The van der Waals surface area contributed by atoms with Crippen molar-refractivity contribution >= 4 is 23.9 Å². The van der Waals surface area contributed by atoms with E-state index in [2.05, 4.69) is 69.4 Å². The summed E-state index contributed by atoms with van der Waals surface area (Å²) in [5.74, 6) is -3.11. The number of carboxylic acid groups (broad SMARTS) is 1. The maximum absolute atomic E-state index is 13.2. The zero-order valence-corrected chi connectivity index (χ0v) is 52.0. The zero-order valence-electron chi connectivity index (χ0n) is 52.0. The molecule has 1 heterocycles. The number of hydrogen-bond acceptors (Lipinski definition) is 11. The molecule has 81 heavy (non-hydrogen) atoms. The van der Waals surface area contributed by atoms with Crippen LogP contribution < -0.4 is 0 Å². The molecule has 0 aromatic carbocycles. The molecular weight excluding hydrogens is 1020 g/mol. The van der Waals surface area contributed by atoms with Gasteiger partial charge in [0.2, 0.25) is 0 Å². The van der Waals surface area contributed by atoms with Gasteiger partial charge in [-0.15, -0.1) is 0 Å². The molecule has 12 heteroatoms. The molecule has 0 spiro atoms. The van der Waals surface area contributed by atoms with Crippen molar-refractivity contribution in [3.63, 3.8) is 0 Å². The number of rotatable bonds is 58. The van der Waals surface area contributed by atoms with E-state index in [9.17, 15) is 34.5 Å². The number of aliphatic hydroxyl groups is 2. The molecule has 0 radical (unpaired) electrons. The van der Waals surface area contributed by atoms with Gasteiger partial charge in [-0.1, -0.05) is 243 Å². The Morgan fingerprint density at radius 3 is 1.15 bits per heavy atom. The van der Waals surface area contributed by atoms with Crippen LogP contribution in [-0.4, -0.2) is 89.2 Å². The molecule has 0 amide bonds. The topological polar surface area (TPSA) is 175 Å². The fourth-order valence-corrected chi connectivity index (χ4v) is 10.2. The number of hydrogen-bond donors (Lipinski definition) is 3. The van der Waals surface area contributed by atoms with Crippen LogP contribution in [0.1, 0.15) is 316 Å². The number of esters is 3. The Morgan fingerprint density at radius 2 is 0.741 bits per heavy atom. The van der Waals surface area contributed by atoms with Crippen molar-refractivity contribution in [3.05, 3.63) is 48.6 Å². The second-order valence-corrected chi connectivity index (χ2v) is 23.1. The third-order valence-corrected chi connectivity index (χ3v) is 15.3. The largest absolute Gasteiger partial charge is 0.479 e. The minimum atomic E-state index is -1.91. The van der Waals surface area contributed by atoms with Crippen LogP contribution in [0.3, 0.4) is 0 Å². The van der Waals surface area contributed by atoms with E-state index in [0.717, 1.165) is 103 Å². The van der Waals surface area contributed by atoms with E-state index >= 15 is 0 Å². The average Bonchev–Trinajstić information content (AvgIpc) is 3.53. The normalized spacial score (nSPS) is 18.0. The molecule has 0 saturated carbocycles. The average molecular weight is 1140 g/mol. The summed E-state index contributed by atoms with van der Waals surface area (Å²) in [6.45, 7) is 5.99. The first-order valence-electron chi connectivity index (χ1n) is 33.6. The highest BCUT2D eigenvalue weighted by molar-refractivity contribution is 5.74. The highest BCUT2D eigenvalue weighted by Gasteiger charge is 2.50. The molecule has 6 atom stereocenters. The lowest BCUT2D eigenvalue weighted by atomic mass is 9.98. The number of carbonyl (C=O) groups excluding carboxylic acids is 3. The van der Waals surface area contributed by atoms with Crippen LogP contribution in [0, 0.1) is 0 Å². The van der Waals surface area contributed by atoms with E-state index in [0.29, 0.717) is 19.3 Å².